The van der Waals surface area contributed by atoms with E-state index in [2.05, 4.69) is 83.0 Å². The third-order valence-electron chi connectivity index (χ3n) is 10.5. The number of carbonyl (C=O) groups is 2. The molecular formula is C47H82N6O2. The number of benzene rings is 2. The van der Waals surface area contributed by atoms with Crippen molar-refractivity contribution in [2.45, 2.75) is 163 Å². The second-order valence-corrected chi connectivity index (χ2v) is 15.7. The molecule has 0 atom stereocenters. The fourth-order valence-electron chi connectivity index (χ4n) is 6.99. The summed E-state index contributed by atoms with van der Waals surface area (Å²) in [7, 11) is 0. The zero-order valence-electron chi connectivity index (χ0n) is 35.8. The molecule has 8 nitrogen and oxygen atoms in total. The summed E-state index contributed by atoms with van der Waals surface area (Å²) in [6, 6.07) is 15.8. The van der Waals surface area contributed by atoms with Gasteiger partial charge in [0.2, 0.25) is 0 Å². The monoisotopic (exact) mass is 763 g/mol. The van der Waals surface area contributed by atoms with Gasteiger partial charge >= 0.3 is 12.1 Å². The summed E-state index contributed by atoms with van der Waals surface area (Å²) in [6.07, 6.45) is 26.1. The Hall–Kier alpha value is -3.10. The maximum Gasteiger partial charge on any atom is 0.319 e. The molecule has 0 fully saturated rings. The summed E-state index contributed by atoms with van der Waals surface area (Å²) in [5, 5.41) is 12.0. The summed E-state index contributed by atoms with van der Waals surface area (Å²) in [6.45, 7) is 17.5. The van der Waals surface area contributed by atoms with E-state index in [1.165, 1.54) is 140 Å². The topological polar surface area (TPSA) is 88.7 Å². The van der Waals surface area contributed by atoms with Crippen LogP contribution in [-0.4, -0.2) is 74.2 Å². The average molecular weight is 763 g/mol. The predicted molar refractivity (Wildman–Crippen MR) is 238 cm³/mol. The largest absolute Gasteiger partial charge is 0.338 e. The second-order valence-electron chi connectivity index (χ2n) is 15.7. The van der Waals surface area contributed by atoms with E-state index in [0.29, 0.717) is 13.1 Å². The number of anilines is 2. The molecule has 0 saturated heterocycles. The molecule has 4 amide bonds. The van der Waals surface area contributed by atoms with Gasteiger partial charge in [0, 0.05) is 24.5 Å². The molecule has 0 spiro atoms. The molecule has 0 heterocycles. The van der Waals surface area contributed by atoms with Gasteiger partial charge in [-0.3, -0.25) is 0 Å². The number of nitrogens with zero attached hydrogens (tertiary/aromatic N) is 2. The molecule has 0 aliphatic heterocycles. The second kappa shape index (κ2) is 33.1. The fourth-order valence-corrected chi connectivity index (χ4v) is 6.99. The van der Waals surface area contributed by atoms with Crippen molar-refractivity contribution in [2.24, 2.45) is 0 Å². The number of nitrogens with one attached hydrogen (secondary N) is 4. The van der Waals surface area contributed by atoms with Crippen molar-refractivity contribution in [2.75, 3.05) is 63.0 Å². The number of carbonyl (C=O) groups excluding carboxylic acids is 2. The maximum atomic E-state index is 12.5. The van der Waals surface area contributed by atoms with E-state index >= 15 is 0 Å². The van der Waals surface area contributed by atoms with Crippen LogP contribution >= 0.6 is 0 Å². The van der Waals surface area contributed by atoms with Crippen molar-refractivity contribution in [1.82, 2.24) is 20.4 Å². The molecule has 8 heteroatoms. The van der Waals surface area contributed by atoms with E-state index in [-0.39, 0.29) is 12.1 Å². The molecule has 0 aliphatic rings. The van der Waals surface area contributed by atoms with Crippen molar-refractivity contribution in [3.8, 4) is 0 Å². The highest BCUT2D eigenvalue weighted by Crippen LogP contribution is 2.16. The summed E-state index contributed by atoms with van der Waals surface area (Å²) in [5.74, 6) is 0. The van der Waals surface area contributed by atoms with Crippen molar-refractivity contribution in [3.05, 3.63) is 59.7 Å². The Morgan fingerprint density at radius 2 is 0.709 bits per heavy atom. The van der Waals surface area contributed by atoms with Gasteiger partial charge in [0.25, 0.3) is 0 Å². The van der Waals surface area contributed by atoms with Crippen LogP contribution in [-0.2, 0) is 6.42 Å². The third kappa shape index (κ3) is 25.6. The standard InChI is InChI=1S/C47H82N6O2/c1-5-9-13-15-17-21-37-52(35-11-7-3)39-23-19-33-48-46(54)50-44-29-25-42(26-30-44)41-43-27-31-45(32-28-43)51-47(55)49-34-20-24-40-53(36-12-8-4)38-22-18-16-14-10-6-2/h25-32H,5-24,33-41H2,1-4H3,(H2,48,50,54)(H2,49,51,55). The van der Waals surface area contributed by atoms with Crippen LogP contribution < -0.4 is 21.3 Å². The van der Waals surface area contributed by atoms with Crippen LogP contribution in [0, 0.1) is 0 Å². The minimum Gasteiger partial charge on any atom is -0.338 e. The van der Waals surface area contributed by atoms with Crippen molar-refractivity contribution >= 4 is 23.4 Å². The molecular weight excluding hydrogens is 681 g/mol. The molecule has 0 aromatic heterocycles. The molecule has 2 aromatic carbocycles. The number of hydrogen-bond acceptors (Lipinski definition) is 4. The number of unbranched alkanes of at least 4 members (excludes halogenated alkanes) is 14. The summed E-state index contributed by atoms with van der Waals surface area (Å²) >= 11 is 0. The van der Waals surface area contributed by atoms with Gasteiger partial charge in [0.1, 0.15) is 0 Å². The highest BCUT2D eigenvalue weighted by molar-refractivity contribution is 5.89. The molecule has 312 valence electrons. The van der Waals surface area contributed by atoms with Gasteiger partial charge < -0.3 is 31.1 Å². The smallest absolute Gasteiger partial charge is 0.319 e. The Labute approximate surface area is 337 Å². The molecule has 0 unspecified atom stereocenters. The van der Waals surface area contributed by atoms with Crippen LogP contribution in [0.5, 0.6) is 0 Å². The first-order chi connectivity index (χ1) is 27.0. The lowest BCUT2D eigenvalue weighted by Crippen LogP contribution is -2.31. The lowest BCUT2D eigenvalue weighted by molar-refractivity contribution is 0.248. The molecule has 0 bridgehead atoms. The molecule has 0 aliphatic carbocycles. The Kier molecular flexibility index (Phi) is 28.9. The molecule has 0 saturated carbocycles. The Balaban J connectivity index is 1.61. The van der Waals surface area contributed by atoms with Gasteiger partial charge in [0.15, 0.2) is 0 Å². The Morgan fingerprint density at radius 3 is 1.07 bits per heavy atom. The zero-order valence-corrected chi connectivity index (χ0v) is 35.8. The van der Waals surface area contributed by atoms with E-state index in [1.807, 2.05) is 24.3 Å². The van der Waals surface area contributed by atoms with Gasteiger partial charge in [-0.15, -0.1) is 0 Å². The Bertz CT molecular complexity index is 1110. The number of hydrogen-bond donors (Lipinski definition) is 4. The van der Waals surface area contributed by atoms with Crippen molar-refractivity contribution in [3.63, 3.8) is 0 Å². The van der Waals surface area contributed by atoms with E-state index in [1.54, 1.807) is 0 Å². The third-order valence-corrected chi connectivity index (χ3v) is 10.5. The SMILES string of the molecule is CCCCCCCCN(CCCC)CCCCNC(=O)Nc1ccc(Cc2ccc(NC(=O)NCCCCN(CCCC)CCCCCCCC)cc2)cc1. The van der Waals surface area contributed by atoms with Crippen molar-refractivity contribution < 1.29 is 9.59 Å². The maximum absolute atomic E-state index is 12.5. The van der Waals surface area contributed by atoms with E-state index in [0.717, 1.165) is 56.6 Å². The molecule has 55 heavy (non-hydrogen) atoms. The van der Waals surface area contributed by atoms with Gasteiger partial charge in [-0.1, -0.05) is 129 Å². The summed E-state index contributed by atoms with van der Waals surface area (Å²) in [4.78, 5) is 30.3. The fraction of sp³-hybridized carbons (Fsp3) is 0.702. The van der Waals surface area contributed by atoms with Crippen LogP contribution in [0.25, 0.3) is 0 Å². The van der Waals surface area contributed by atoms with Crippen LogP contribution in [0.1, 0.15) is 167 Å². The van der Waals surface area contributed by atoms with Gasteiger partial charge in [-0.2, -0.15) is 0 Å². The lowest BCUT2D eigenvalue weighted by Gasteiger charge is -2.22. The molecule has 0 radical (unpaired) electrons. The highest BCUT2D eigenvalue weighted by Gasteiger charge is 2.08. The first kappa shape index (κ1) is 48.0. The Morgan fingerprint density at radius 1 is 0.400 bits per heavy atom. The van der Waals surface area contributed by atoms with Crippen LogP contribution in [0.3, 0.4) is 0 Å². The van der Waals surface area contributed by atoms with Gasteiger partial charge in [0.05, 0.1) is 0 Å². The van der Waals surface area contributed by atoms with Crippen LogP contribution in [0.15, 0.2) is 48.5 Å². The van der Waals surface area contributed by atoms with Crippen molar-refractivity contribution in [1.29, 1.82) is 0 Å². The minimum atomic E-state index is -0.150. The summed E-state index contributed by atoms with van der Waals surface area (Å²) in [5.41, 5.74) is 3.91. The average Bonchev–Trinajstić information content (AvgIpc) is 3.19. The molecule has 4 N–H and O–H groups in total. The normalized spacial score (nSPS) is 11.3. The van der Waals surface area contributed by atoms with E-state index in [9.17, 15) is 9.59 Å². The summed E-state index contributed by atoms with van der Waals surface area (Å²) < 4.78 is 0. The molecule has 2 rings (SSSR count). The van der Waals surface area contributed by atoms with E-state index < -0.39 is 0 Å². The number of urea groups is 2. The predicted octanol–water partition coefficient (Wildman–Crippen LogP) is 12.0. The number of amides is 4. The number of rotatable bonds is 34. The van der Waals surface area contributed by atoms with E-state index in [4.69, 9.17) is 0 Å². The van der Waals surface area contributed by atoms with Crippen LogP contribution in [0.4, 0.5) is 21.0 Å². The minimum absolute atomic E-state index is 0.150. The lowest BCUT2D eigenvalue weighted by atomic mass is 10.0. The first-order valence-corrected chi connectivity index (χ1v) is 22.7. The first-order valence-electron chi connectivity index (χ1n) is 22.7. The van der Waals surface area contributed by atoms with Crippen LogP contribution in [0.2, 0.25) is 0 Å². The zero-order chi connectivity index (χ0) is 39.6. The van der Waals surface area contributed by atoms with Gasteiger partial charge in [-0.25, -0.2) is 9.59 Å². The molecule has 2 aromatic rings. The quantitative estimate of drug-likeness (QED) is 0.0535. The van der Waals surface area contributed by atoms with Gasteiger partial charge in [-0.05, 0) is 132 Å². The highest BCUT2D eigenvalue weighted by atomic mass is 16.2.